The third-order valence-corrected chi connectivity index (χ3v) is 17.3. The zero-order valence-electron chi connectivity index (χ0n) is 23.9. The minimum absolute atomic E-state index is 0.0954. The third-order valence-electron chi connectivity index (χ3n) is 8.78. The maximum Gasteiger partial charge on any atom is 0.220 e. The molecule has 6 heteroatoms. The number of hydrogen-bond acceptors (Lipinski definition) is 4. The van der Waals surface area contributed by atoms with Crippen molar-refractivity contribution in [3.63, 3.8) is 0 Å². The zero-order chi connectivity index (χ0) is 25.8. The average molecular weight is 491 g/mol. The van der Waals surface area contributed by atoms with Gasteiger partial charge in [0.15, 0.2) is 0 Å². The zero-order valence-corrected chi connectivity index (χ0v) is 25.9. The fourth-order valence-electron chi connectivity index (χ4n) is 3.41. The Morgan fingerprint density at radius 3 is 1.36 bits per heavy atom. The van der Waals surface area contributed by atoms with Crippen molar-refractivity contribution in [2.75, 3.05) is 0 Å². The van der Waals surface area contributed by atoms with Crippen molar-refractivity contribution in [2.45, 2.75) is 123 Å². The summed E-state index contributed by atoms with van der Waals surface area (Å²) in [7, 11) is -4.20. The highest BCUT2D eigenvalue weighted by Gasteiger charge is 2.63. The SMILES string of the molecule is C=Cc1ccc(C2N(O[Si](C)(C)C(C)(C)C)C(C)(C)C(C)(C)N2O[Si](C)(C)C(C)(C)C)cc1. The lowest BCUT2D eigenvalue weighted by Crippen LogP contribution is -2.58. The van der Waals surface area contributed by atoms with Gasteiger partial charge >= 0.3 is 0 Å². The summed E-state index contributed by atoms with van der Waals surface area (Å²) in [5.41, 5.74) is 1.72. The van der Waals surface area contributed by atoms with Gasteiger partial charge in [-0.25, -0.2) is 0 Å². The molecule has 1 aliphatic rings. The Bertz CT molecular complexity index is 800. The Morgan fingerprint density at radius 1 is 0.758 bits per heavy atom. The van der Waals surface area contributed by atoms with Crippen LogP contribution in [0.4, 0.5) is 0 Å². The summed E-state index contributed by atoms with van der Waals surface area (Å²) >= 11 is 0. The average Bonchev–Trinajstić information content (AvgIpc) is 2.77. The van der Waals surface area contributed by atoms with E-state index in [-0.39, 0.29) is 27.3 Å². The second kappa shape index (κ2) is 8.72. The molecule has 0 spiro atoms. The first-order valence-corrected chi connectivity index (χ1v) is 18.1. The van der Waals surface area contributed by atoms with Crippen LogP contribution >= 0.6 is 0 Å². The molecule has 0 N–H and O–H groups in total. The highest BCUT2D eigenvalue weighted by atomic mass is 28.4. The third kappa shape index (κ3) is 5.12. The van der Waals surface area contributed by atoms with Crippen LogP contribution in [0.1, 0.15) is 86.5 Å². The fourth-order valence-corrected chi connectivity index (χ4v) is 5.60. The smallest absolute Gasteiger partial charge is 0.220 e. The number of hydrogen-bond donors (Lipinski definition) is 0. The summed E-state index contributed by atoms with van der Waals surface area (Å²) in [6.07, 6.45) is 1.75. The fraction of sp³-hybridized carbons (Fsp3) is 0.704. The first-order valence-electron chi connectivity index (χ1n) is 12.3. The molecule has 0 radical (unpaired) electrons. The molecule has 0 bridgehead atoms. The van der Waals surface area contributed by atoms with E-state index in [2.05, 4.69) is 136 Å². The lowest BCUT2D eigenvalue weighted by Gasteiger charge is -2.46. The van der Waals surface area contributed by atoms with Crippen molar-refractivity contribution in [3.05, 3.63) is 42.0 Å². The van der Waals surface area contributed by atoms with E-state index in [1.807, 2.05) is 6.08 Å². The topological polar surface area (TPSA) is 24.9 Å². The van der Waals surface area contributed by atoms with Crippen LogP contribution in [0.25, 0.3) is 6.08 Å². The summed E-state index contributed by atoms with van der Waals surface area (Å²) in [5.74, 6) is 0. The largest absolute Gasteiger partial charge is 0.340 e. The van der Waals surface area contributed by atoms with E-state index >= 15 is 0 Å². The molecule has 4 nitrogen and oxygen atoms in total. The summed E-state index contributed by atoms with van der Waals surface area (Å²) in [6.45, 7) is 36.2. The van der Waals surface area contributed by atoms with Crippen LogP contribution in [-0.4, -0.2) is 37.8 Å². The van der Waals surface area contributed by atoms with E-state index in [1.165, 1.54) is 5.56 Å². The van der Waals surface area contributed by atoms with Gasteiger partial charge in [0.1, 0.15) is 6.17 Å². The highest BCUT2D eigenvalue weighted by molar-refractivity contribution is 6.74. The van der Waals surface area contributed by atoms with Gasteiger partial charge < -0.3 is 9.05 Å². The van der Waals surface area contributed by atoms with Gasteiger partial charge in [0.25, 0.3) is 0 Å². The Hall–Kier alpha value is -0.766. The Labute approximate surface area is 206 Å². The minimum Gasteiger partial charge on any atom is -0.340 e. The lowest BCUT2D eigenvalue weighted by molar-refractivity contribution is -0.204. The molecule has 0 amide bonds. The van der Waals surface area contributed by atoms with Gasteiger partial charge in [0, 0.05) is 0 Å². The molecule has 0 aliphatic carbocycles. The van der Waals surface area contributed by atoms with Crippen molar-refractivity contribution in [3.8, 4) is 0 Å². The quantitative estimate of drug-likeness (QED) is 0.374. The van der Waals surface area contributed by atoms with E-state index in [0.717, 1.165) is 5.56 Å². The molecule has 0 aromatic heterocycles. The first-order chi connectivity index (χ1) is 14.6. The van der Waals surface area contributed by atoms with E-state index < -0.39 is 16.6 Å². The maximum absolute atomic E-state index is 7.11. The molecule has 2 rings (SSSR count). The molecule has 1 saturated heterocycles. The Balaban J connectivity index is 2.71. The summed E-state index contributed by atoms with van der Waals surface area (Å²) in [5, 5.41) is 4.72. The highest BCUT2D eigenvalue weighted by Crippen LogP contribution is 2.54. The summed E-state index contributed by atoms with van der Waals surface area (Å²) in [4.78, 5) is 0. The van der Waals surface area contributed by atoms with Crippen molar-refractivity contribution in [2.24, 2.45) is 0 Å². The molecule has 1 aromatic rings. The molecular formula is C27H50N2O2Si2. The van der Waals surface area contributed by atoms with Gasteiger partial charge in [-0.2, -0.15) is 10.1 Å². The van der Waals surface area contributed by atoms with Crippen LogP contribution in [0.3, 0.4) is 0 Å². The first kappa shape index (κ1) is 28.5. The van der Waals surface area contributed by atoms with Gasteiger partial charge in [-0.15, -0.1) is 0 Å². The van der Waals surface area contributed by atoms with Gasteiger partial charge in [-0.05, 0) is 75.1 Å². The Morgan fingerprint density at radius 2 is 1.09 bits per heavy atom. The van der Waals surface area contributed by atoms with Gasteiger partial charge in [-0.3, -0.25) is 0 Å². The van der Waals surface area contributed by atoms with Gasteiger partial charge in [-0.1, -0.05) is 78.5 Å². The number of benzene rings is 1. The molecular weight excluding hydrogens is 440 g/mol. The van der Waals surface area contributed by atoms with E-state index in [9.17, 15) is 0 Å². The molecule has 1 fully saturated rings. The van der Waals surface area contributed by atoms with Crippen molar-refractivity contribution >= 4 is 22.7 Å². The second-order valence-corrected chi connectivity index (χ2v) is 23.1. The van der Waals surface area contributed by atoms with Crippen molar-refractivity contribution in [1.29, 1.82) is 0 Å². The normalized spacial score (nSPS) is 20.9. The molecule has 0 saturated carbocycles. The van der Waals surface area contributed by atoms with E-state index in [0.29, 0.717) is 0 Å². The predicted octanol–water partition coefficient (Wildman–Crippen LogP) is 8.38. The Kier molecular flexibility index (Phi) is 7.52. The minimum atomic E-state index is -2.10. The van der Waals surface area contributed by atoms with E-state index in [4.69, 9.17) is 9.05 Å². The van der Waals surface area contributed by atoms with Crippen LogP contribution in [0.15, 0.2) is 30.8 Å². The molecule has 1 aliphatic heterocycles. The van der Waals surface area contributed by atoms with Crippen LogP contribution in [-0.2, 0) is 9.05 Å². The van der Waals surface area contributed by atoms with Crippen LogP contribution in [0, 0.1) is 0 Å². The van der Waals surface area contributed by atoms with Gasteiger partial charge in [0.2, 0.25) is 16.6 Å². The number of hydroxylamine groups is 4. The van der Waals surface area contributed by atoms with Crippen molar-refractivity contribution < 1.29 is 9.05 Å². The molecule has 1 aromatic carbocycles. The summed E-state index contributed by atoms with van der Waals surface area (Å²) in [6, 6.07) is 8.66. The van der Waals surface area contributed by atoms with Crippen LogP contribution in [0.5, 0.6) is 0 Å². The molecule has 0 unspecified atom stereocenters. The predicted molar refractivity (Wildman–Crippen MR) is 148 cm³/mol. The molecule has 0 atom stereocenters. The standard InChI is InChI=1S/C27H50N2O2Si2/c1-16-21-17-19-22(20-18-21)23-28(30-32(12,13)24(2,3)4)26(8,9)27(10,11)29(23)31-33(14,15)25(5,6)7/h16-20,23H,1H2,2-15H3. The maximum atomic E-state index is 7.11. The van der Waals surface area contributed by atoms with Crippen LogP contribution in [0.2, 0.25) is 36.3 Å². The van der Waals surface area contributed by atoms with E-state index in [1.54, 1.807) is 0 Å². The monoisotopic (exact) mass is 490 g/mol. The molecule has 33 heavy (non-hydrogen) atoms. The molecule has 1 heterocycles. The number of nitrogens with zero attached hydrogens (tertiary/aromatic N) is 2. The molecule has 188 valence electrons. The summed E-state index contributed by atoms with van der Waals surface area (Å²) < 4.78 is 14.2. The lowest BCUT2D eigenvalue weighted by atomic mass is 9.84. The van der Waals surface area contributed by atoms with Crippen molar-refractivity contribution in [1.82, 2.24) is 10.1 Å². The number of rotatable bonds is 6. The van der Waals surface area contributed by atoms with Crippen LogP contribution < -0.4 is 0 Å². The second-order valence-electron chi connectivity index (χ2n) is 13.7. The van der Waals surface area contributed by atoms with Gasteiger partial charge in [0.05, 0.1) is 11.1 Å².